The van der Waals surface area contributed by atoms with Crippen LogP contribution in [0.15, 0.2) is 36.4 Å². The number of hydrogen-bond acceptors (Lipinski definition) is 8. The monoisotopic (exact) mass is 588 g/mol. The highest BCUT2D eigenvalue weighted by molar-refractivity contribution is 6.30. The molecule has 2 N–H and O–H groups in total. The zero-order valence-electron chi connectivity index (χ0n) is 25.1. The molecule has 10 heteroatoms. The summed E-state index contributed by atoms with van der Waals surface area (Å²) in [5.74, 6) is -2.05. The van der Waals surface area contributed by atoms with E-state index in [1.165, 1.54) is 14.2 Å². The van der Waals surface area contributed by atoms with Crippen molar-refractivity contribution in [1.82, 2.24) is 0 Å². The Bertz CT molecular complexity index is 1280. The number of carbonyl (C=O) groups excluding carboxylic acids is 3. The van der Waals surface area contributed by atoms with Crippen molar-refractivity contribution in [3.8, 4) is 11.5 Å². The highest BCUT2D eigenvalue weighted by Crippen LogP contribution is 2.45. The van der Waals surface area contributed by atoms with E-state index in [2.05, 4.69) is 0 Å². The minimum Gasteiger partial charge on any atom is -0.493 e. The Kier molecular flexibility index (Phi) is 10.1. The number of amides is 1. The Labute approximate surface area is 247 Å². The molecule has 1 aliphatic rings. The van der Waals surface area contributed by atoms with E-state index >= 15 is 0 Å². The van der Waals surface area contributed by atoms with E-state index in [1.54, 1.807) is 56.0 Å². The zero-order chi connectivity index (χ0) is 30.7. The summed E-state index contributed by atoms with van der Waals surface area (Å²) in [6.07, 6.45) is -2.49. The summed E-state index contributed by atoms with van der Waals surface area (Å²) in [6, 6.07) is 10.6. The van der Waals surface area contributed by atoms with E-state index < -0.39 is 41.4 Å². The third-order valence-corrected chi connectivity index (χ3v) is 6.69. The van der Waals surface area contributed by atoms with E-state index in [1.807, 2.05) is 26.8 Å². The molecule has 0 radical (unpaired) electrons. The number of fused-ring (bicyclic) bond motifs is 1. The maximum absolute atomic E-state index is 14.2. The van der Waals surface area contributed by atoms with E-state index in [4.69, 9.17) is 36.3 Å². The predicted octanol–water partition coefficient (Wildman–Crippen LogP) is 5.10. The van der Waals surface area contributed by atoms with E-state index in [0.29, 0.717) is 39.9 Å². The fraction of sp³-hybridized carbons (Fsp3) is 0.516. The van der Waals surface area contributed by atoms with Gasteiger partial charge in [-0.15, -0.1) is 0 Å². The van der Waals surface area contributed by atoms with Crippen molar-refractivity contribution in [3.05, 3.63) is 52.5 Å². The average Bonchev–Trinajstić information content (AvgIpc) is 2.97. The van der Waals surface area contributed by atoms with Crippen LogP contribution in [0, 0.1) is 11.3 Å². The summed E-state index contributed by atoms with van der Waals surface area (Å²) >= 11 is 6.47. The third-order valence-electron chi connectivity index (χ3n) is 6.46. The molecule has 41 heavy (non-hydrogen) atoms. The summed E-state index contributed by atoms with van der Waals surface area (Å²) in [4.78, 5) is 42.2. The quantitative estimate of drug-likeness (QED) is 0.317. The number of anilines is 1. The molecule has 1 amide bonds. The van der Waals surface area contributed by atoms with Gasteiger partial charge in [0.1, 0.15) is 23.7 Å². The predicted molar refractivity (Wildman–Crippen MR) is 158 cm³/mol. The van der Waals surface area contributed by atoms with Crippen LogP contribution in [0.2, 0.25) is 5.02 Å². The number of ether oxygens (including phenoxy) is 4. The number of rotatable bonds is 9. The highest BCUT2D eigenvalue weighted by Gasteiger charge is 2.42. The number of benzene rings is 2. The van der Waals surface area contributed by atoms with Gasteiger partial charge in [-0.3, -0.25) is 14.4 Å². The molecular weight excluding hydrogens is 548 g/mol. The molecule has 0 unspecified atom stereocenters. The minimum absolute atomic E-state index is 0.261. The molecule has 224 valence electrons. The molecule has 0 bridgehead atoms. The van der Waals surface area contributed by atoms with Gasteiger partial charge in [-0.05, 0) is 50.5 Å². The van der Waals surface area contributed by atoms with Crippen LogP contribution >= 0.6 is 11.6 Å². The van der Waals surface area contributed by atoms with Gasteiger partial charge in [0.05, 0.1) is 14.2 Å². The van der Waals surface area contributed by atoms with Gasteiger partial charge < -0.3 is 29.6 Å². The topological polar surface area (TPSA) is 117 Å². The van der Waals surface area contributed by atoms with E-state index in [0.717, 1.165) is 0 Å². The molecule has 2 aromatic rings. The van der Waals surface area contributed by atoms with Gasteiger partial charge in [-0.25, -0.2) is 0 Å². The van der Waals surface area contributed by atoms with Crippen molar-refractivity contribution in [2.24, 2.45) is 17.1 Å². The van der Waals surface area contributed by atoms with Gasteiger partial charge in [0.2, 0.25) is 0 Å². The lowest BCUT2D eigenvalue weighted by atomic mass is 9.93. The number of nitrogens with two attached hydrogens (primary N) is 1. The van der Waals surface area contributed by atoms with Crippen LogP contribution in [0.3, 0.4) is 0 Å². The van der Waals surface area contributed by atoms with Gasteiger partial charge in [0.15, 0.2) is 17.3 Å². The van der Waals surface area contributed by atoms with Crippen molar-refractivity contribution in [3.63, 3.8) is 0 Å². The first kappa shape index (κ1) is 32.4. The van der Waals surface area contributed by atoms with E-state index in [9.17, 15) is 14.4 Å². The molecule has 3 atom stereocenters. The van der Waals surface area contributed by atoms with Gasteiger partial charge in [-0.1, -0.05) is 44.5 Å². The lowest BCUT2D eigenvalue weighted by Gasteiger charge is -2.31. The number of hydrogen-bond donors (Lipinski definition) is 1. The number of carbonyl (C=O) groups is 3. The van der Waals surface area contributed by atoms with Crippen molar-refractivity contribution < 1.29 is 33.3 Å². The van der Waals surface area contributed by atoms with Crippen LogP contribution in [0.4, 0.5) is 5.69 Å². The van der Waals surface area contributed by atoms with Gasteiger partial charge in [0.25, 0.3) is 5.91 Å². The van der Waals surface area contributed by atoms with Crippen LogP contribution in [-0.4, -0.2) is 56.7 Å². The molecule has 0 spiro atoms. The summed E-state index contributed by atoms with van der Waals surface area (Å²) in [7, 11) is 3.04. The Balaban J connectivity index is 2.16. The Hall–Kier alpha value is -3.14. The number of Topliss-reactive ketones (excluding diaryl/α,β-unsaturated/α-hetero) is 1. The maximum atomic E-state index is 14.2. The van der Waals surface area contributed by atoms with Crippen molar-refractivity contribution >= 4 is 34.9 Å². The highest BCUT2D eigenvalue weighted by atomic mass is 35.5. The number of methoxy groups -OCH3 is 2. The van der Waals surface area contributed by atoms with E-state index in [-0.39, 0.29) is 18.4 Å². The SMILES string of the molecule is COc1cccc([C@H]2O[C@H](CC(=O)[C@@H](CN)C(=O)OC(C)(C)C)C(=O)N(CC(C)(C)C)c3ccc(Cl)cc32)c1OC. The normalized spacial score (nSPS) is 18.3. The Morgan fingerprint density at radius 2 is 1.73 bits per heavy atom. The Morgan fingerprint density at radius 3 is 2.29 bits per heavy atom. The molecule has 1 heterocycles. The van der Waals surface area contributed by atoms with Gasteiger partial charge >= 0.3 is 5.97 Å². The number of nitrogens with zero attached hydrogens (tertiary/aromatic N) is 1. The summed E-state index contributed by atoms with van der Waals surface area (Å²) in [5.41, 5.74) is 6.54. The molecule has 0 aliphatic carbocycles. The second-order valence-corrected chi connectivity index (χ2v) is 12.7. The summed E-state index contributed by atoms with van der Waals surface area (Å²) in [6.45, 7) is 11.2. The average molecular weight is 589 g/mol. The summed E-state index contributed by atoms with van der Waals surface area (Å²) < 4.78 is 23.2. The van der Waals surface area contributed by atoms with Gasteiger partial charge in [-0.2, -0.15) is 0 Å². The van der Waals surface area contributed by atoms with Crippen molar-refractivity contribution in [1.29, 1.82) is 0 Å². The second-order valence-electron chi connectivity index (χ2n) is 12.3. The molecule has 0 aromatic heterocycles. The largest absolute Gasteiger partial charge is 0.493 e. The maximum Gasteiger partial charge on any atom is 0.318 e. The molecule has 0 saturated carbocycles. The van der Waals surface area contributed by atoms with Crippen LogP contribution in [-0.2, 0) is 23.9 Å². The molecule has 0 saturated heterocycles. The first-order valence-corrected chi connectivity index (χ1v) is 13.9. The third kappa shape index (κ3) is 7.78. The zero-order valence-corrected chi connectivity index (χ0v) is 25.8. The molecule has 3 rings (SSSR count). The summed E-state index contributed by atoms with van der Waals surface area (Å²) in [5, 5.41) is 0.449. The smallest absolute Gasteiger partial charge is 0.318 e. The van der Waals surface area contributed by atoms with Gasteiger partial charge in [0, 0.05) is 41.3 Å². The number of para-hydroxylation sites is 1. The molecule has 2 aromatic carbocycles. The minimum atomic E-state index is -1.24. The number of halogens is 1. The Morgan fingerprint density at radius 1 is 1.05 bits per heavy atom. The lowest BCUT2D eigenvalue weighted by molar-refractivity contribution is -0.162. The molecular formula is C31H41ClN2O7. The first-order chi connectivity index (χ1) is 19.1. The van der Waals surface area contributed by atoms with Crippen molar-refractivity contribution in [2.75, 3.05) is 32.2 Å². The van der Waals surface area contributed by atoms with Crippen LogP contribution in [0.1, 0.15) is 65.2 Å². The lowest BCUT2D eigenvalue weighted by Crippen LogP contribution is -2.46. The fourth-order valence-electron chi connectivity index (χ4n) is 4.76. The van der Waals surface area contributed by atoms with Crippen molar-refractivity contribution in [2.45, 2.75) is 65.8 Å². The van der Waals surface area contributed by atoms with Crippen LogP contribution < -0.4 is 20.1 Å². The number of esters is 1. The molecule has 0 fully saturated rings. The molecule has 9 nitrogen and oxygen atoms in total. The second kappa shape index (κ2) is 12.8. The fourth-order valence-corrected chi connectivity index (χ4v) is 4.94. The number of ketones is 1. The molecule has 1 aliphatic heterocycles. The van der Waals surface area contributed by atoms with Crippen LogP contribution in [0.5, 0.6) is 11.5 Å². The van der Waals surface area contributed by atoms with Crippen LogP contribution in [0.25, 0.3) is 0 Å². The standard InChI is InChI=1S/C31H41ClN2O7/c1-30(2,3)17-34-22-13-12-18(32)14-20(22)26(19-10-9-11-24(38-7)27(19)39-8)40-25(28(34)36)15-23(35)21(16-33)29(37)41-31(4,5)6/h9-14,21,25-26H,15-17,33H2,1-8H3/t21-,25-,26-/m1/s1. The first-order valence-electron chi connectivity index (χ1n) is 13.5.